The average Bonchev–Trinajstić information content (AvgIpc) is 2.39. The van der Waals surface area contributed by atoms with Gasteiger partial charge in [0, 0.05) is 38.5 Å². The standard InChI is InChI=1S/C12H23N3O3S/c1-10-3-6-14(7-4-10)19(17,18)15-8-5-12(13-16)11(2)9-15/h10-11,16H,3-9H2,1-2H3. The number of oxime groups is 1. The maximum atomic E-state index is 12.5. The van der Waals surface area contributed by atoms with E-state index in [-0.39, 0.29) is 5.92 Å². The van der Waals surface area contributed by atoms with Gasteiger partial charge in [0.25, 0.3) is 10.2 Å². The van der Waals surface area contributed by atoms with E-state index in [9.17, 15) is 8.42 Å². The molecule has 2 heterocycles. The summed E-state index contributed by atoms with van der Waals surface area (Å²) in [5.41, 5.74) is 0.693. The van der Waals surface area contributed by atoms with Crippen molar-refractivity contribution >= 4 is 15.9 Å². The van der Waals surface area contributed by atoms with Crippen LogP contribution in [0.2, 0.25) is 0 Å². The predicted octanol–water partition coefficient (Wildman–Crippen LogP) is 1.14. The van der Waals surface area contributed by atoms with Crippen LogP contribution < -0.4 is 0 Å². The molecule has 19 heavy (non-hydrogen) atoms. The fourth-order valence-corrected chi connectivity index (χ4v) is 4.46. The Hall–Kier alpha value is -0.660. The van der Waals surface area contributed by atoms with Crippen LogP contribution in [0.5, 0.6) is 0 Å². The highest BCUT2D eigenvalue weighted by molar-refractivity contribution is 7.86. The molecule has 0 bridgehead atoms. The minimum Gasteiger partial charge on any atom is -0.411 e. The molecule has 1 N–H and O–H groups in total. The van der Waals surface area contributed by atoms with Crippen LogP contribution in [-0.2, 0) is 10.2 Å². The third-order valence-corrected chi connectivity index (χ3v) is 6.19. The molecule has 2 fully saturated rings. The Labute approximate surface area is 115 Å². The second-order valence-electron chi connectivity index (χ2n) is 5.69. The molecule has 0 spiro atoms. The van der Waals surface area contributed by atoms with Crippen LogP contribution in [0.15, 0.2) is 5.16 Å². The lowest BCUT2D eigenvalue weighted by Gasteiger charge is -2.37. The number of nitrogens with zero attached hydrogens (tertiary/aromatic N) is 3. The minimum atomic E-state index is -3.34. The number of rotatable bonds is 2. The normalized spacial score (nSPS) is 30.8. The third-order valence-electron chi connectivity index (χ3n) is 4.19. The molecule has 6 nitrogen and oxygen atoms in total. The largest absolute Gasteiger partial charge is 0.411 e. The second kappa shape index (κ2) is 5.76. The fourth-order valence-electron chi connectivity index (χ4n) is 2.72. The van der Waals surface area contributed by atoms with Crippen LogP contribution >= 0.6 is 0 Å². The van der Waals surface area contributed by atoms with Crippen molar-refractivity contribution in [1.82, 2.24) is 8.61 Å². The zero-order valence-electron chi connectivity index (χ0n) is 11.6. The van der Waals surface area contributed by atoms with Crippen molar-refractivity contribution in [1.29, 1.82) is 0 Å². The predicted molar refractivity (Wildman–Crippen MR) is 73.5 cm³/mol. The zero-order chi connectivity index (χ0) is 14.0. The molecule has 7 heteroatoms. The van der Waals surface area contributed by atoms with Gasteiger partial charge in [0.15, 0.2) is 0 Å². The summed E-state index contributed by atoms with van der Waals surface area (Å²) < 4.78 is 28.2. The van der Waals surface area contributed by atoms with E-state index in [0.29, 0.717) is 44.2 Å². The Morgan fingerprint density at radius 2 is 1.79 bits per heavy atom. The van der Waals surface area contributed by atoms with Gasteiger partial charge in [-0.25, -0.2) is 0 Å². The van der Waals surface area contributed by atoms with Crippen molar-refractivity contribution in [3.05, 3.63) is 0 Å². The first kappa shape index (κ1) is 14.7. The number of piperidine rings is 2. The van der Waals surface area contributed by atoms with Gasteiger partial charge in [0.1, 0.15) is 0 Å². The van der Waals surface area contributed by atoms with Crippen molar-refractivity contribution in [3.8, 4) is 0 Å². The van der Waals surface area contributed by atoms with E-state index >= 15 is 0 Å². The first-order chi connectivity index (χ1) is 8.95. The van der Waals surface area contributed by atoms with E-state index in [2.05, 4.69) is 12.1 Å². The average molecular weight is 289 g/mol. The zero-order valence-corrected chi connectivity index (χ0v) is 12.4. The Kier molecular flexibility index (Phi) is 4.47. The summed E-state index contributed by atoms with van der Waals surface area (Å²) in [5, 5.41) is 12.1. The molecule has 0 radical (unpaired) electrons. The summed E-state index contributed by atoms with van der Waals surface area (Å²) >= 11 is 0. The summed E-state index contributed by atoms with van der Waals surface area (Å²) in [5.74, 6) is 0.595. The molecule has 0 saturated carbocycles. The van der Waals surface area contributed by atoms with E-state index in [0.717, 1.165) is 12.8 Å². The fraction of sp³-hybridized carbons (Fsp3) is 0.917. The molecule has 0 aromatic rings. The number of hydrogen-bond donors (Lipinski definition) is 1. The summed E-state index contributed by atoms with van der Waals surface area (Å²) in [4.78, 5) is 0. The van der Waals surface area contributed by atoms with Gasteiger partial charge in [-0.15, -0.1) is 0 Å². The van der Waals surface area contributed by atoms with E-state index in [1.165, 1.54) is 4.31 Å². The Morgan fingerprint density at radius 1 is 1.16 bits per heavy atom. The summed E-state index contributed by atoms with van der Waals surface area (Å²) in [6, 6.07) is 0. The SMILES string of the molecule is CC1CCN(S(=O)(=O)N2CCC(=NO)C(C)C2)CC1. The lowest BCUT2D eigenvalue weighted by molar-refractivity contribution is 0.254. The highest BCUT2D eigenvalue weighted by atomic mass is 32.2. The molecule has 110 valence electrons. The monoisotopic (exact) mass is 289 g/mol. The molecule has 2 rings (SSSR count). The van der Waals surface area contributed by atoms with Gasteiger partial charge in [-0.1, -0.05) is 19.0 Å². The van der Waals surface area contributed by atoms with Crippen LogP contribution in [0.4, 0.5) is 0 Å². The Bertz CT molecular complexity index is 441. The van der Waals surface area contributed by atoms with Crippen LogP contribution in [0.3, 0.4) is 0 Å². The highest BCUT2D eigenvalue weighted by Gasteiger charge is 2.35. The summed E-state index contributed by atoms with van der Waals surface area (Å²) in [7, 11) is -3.34. The molecular formula is C12H23N3O3S. The summed E-state index contributed by atoms with van der Waals surface area (Å²) in [6.07, 6.45) is 2.39. The van der Waals surface area contributed by atoms with E-state index in [1.807, 2.05) is 6.92 Å². The van der Waals surface area contributed by atoms with Crippen molar-refractivity contribution in [2.24, 2.45) is 17.0 Å². The lowest BCUT2D eigenvalue weighted by atomic mass is 10.00. The quantitative estimate of drug-likeness (QED) is 0.612. The molecule has 0 aliphatic carbocycles. The van der Waals surface area contributed by atoms with Gasteiger partial charge in [0.2, 0.25) is 0 Å². The minimum absolute atomic E-state index is 0.0164. The Morgan fingerprint density at radius 3 is 2.32 bits per heavy atom. The molecule has 2 saturated heterocycles. The smallest absolute Gasteiger partial charge is 0.282 e. The molecule has 2 aliphatic rings. The van der Waals surface area contributed by atoms with Gasteiger partial charge in [-0.2, -0.15) is 17.0 Å². The molecule has 1 atom stereocenters. The highest BCUT2D eigenvalue weighted by Crippen LogP contribution is 2.24. The lowest BCUT2D eigenvalue weighted by Crippen LogP contribution is -2.51. The molecular weight excluding hydrogens is 266 g/mol. The van der Waals surface area contributed by atoms with E-state index in [1.54, 1.807) is 4.31 Å². The van der Waals surface area contributed by atoms with Crippen LogP contribution in [-0.4, -0.2) is 54.1 Å². The molecule has 0 aromatic heterocycles. The van der Waals surface area contributed by atoms with Gasteiger partial charge in [-0.3, -0.25) is 0 Å². The second-order valence-corrected chi connectivity index (χ2v) is 7.62. The van der Waals surface area contributed by atoms with Gasteiger partial charge in [-0.05, 0) is 18.8 Å². The van der Waals surface area contributed by atoms with Crippen molar-refractivity contribution in [2.75, 3.05) is 26.2 Å². The van der Waals surface area contributed by atoms with Crippen molar-refractivity contribution < 1.29 is 13.6 Å². The summed E-state index contributed by atoms with van der Waals surface area (Å²) in [6.45, 7) is 6.13. The van der Waals surface area contributed by atoms with Crippen LogP contribution in [0.25, 0.3) is 0 Å². The molecule has 0 amide bonds. The van der Waals surface area contributed by atoms with Gasteiger partial charge >= 0.3 is 0 Å². The maximum Gasteiger partial charge on any atom is 0.282 e. The van der Waals surface area contributed by atoms with Crippen LogP contribution in [0, 0.1) is 11.8 Å². The van der Waals surface area contributed by atoms with Crippen LogP contribution in [0.1, 0.15) is 33.1 Å². The number of hydrogen-bond acceptors (Lipinski definition) is 4. The van der Waals surface area contributed by atoms with Crippen molar-refractivity contribution in [2.45, 2.75) is 33.1 Å². The molecule has 2 aliphatic heterocycles. The molecule has 0 aromatic carbocycles. The van der Waals surface area contributed by atoms with Gasteiger partial charge in [0.05, 0.1) is 5.71 Å². The molecule has 1 unspecified atom stereocenters. The van der Waals surface area contributed by atoms with E-state index in [4.69, 9.17) is 5.21 Å². The third kappa shape index (κ3) is 3.09. The first-order valence-electron chi connectivity index (χ1n) is 6.91. The maximum absolute atomic E-state index is 12.5. The van der Waals surface area contributed by atoms with Gasteiger partial charge < -0.3 is 5.21 Å². The topological polar surface area (TPSA) is 73.2 Å². The first-order valence-corrected chi connectivity index (χ1v) is 8.31. The van der Waals surface area contributed by atoms with E-state index < -0.39 is 10.2 Å². The van der Waals surface area contributed by atoms with Crippen molar-refractivity contribution in [3.63, 3.8) is 0 Å². The Balaban J connectivity index is 2.04.